The van der Waals surface area contributed by atoms with E-state index in [1.165, 1.54) is 0 Å². The quantitative estimate of drug-likeness (QED) is 0.785. The highest BCUT2D eigenvalue weighted by atomic mass is 15.3. The van der Waals surface area contributed by atoms with Crippen LogP contribution in [0.25, 0.3) is 22.3 Å². The molecule has 20 heavy (non-hydrogen) atoms. The molecular weight excluding hydrogens is 250 g/mol. The van der Waals surface area contributed by atoms with Crippen molar-refractivity contribution in [2.45, 2.75) is 6.42 Å². The molecule has 2 aromatic heterocycles. The smallest absolute Gasteiger partial charge is 0.0955 e. The fourth-order valence-corrected chi connectivity index (χ4v) is 2.47. The lowest BCUT2D eigenvalue weighted by Crippen LogP contribution is -2.10. The summed E-state index contributed by atoms with van der Waals surface area (Å²) in [7, 11) is 5.95. The van der Waals surface area contributed by atoms with Gasteiger partial charge in [-0.3, -0.25) is 4.68 Å². The summed E-state index contributed by atoms with van der Waals surface area (Å²) in [6, 6.07) is 8.51. The number of rotatable bonds is 4. The molecule has 1 N–H and O–H groups in total. The van der Waals surface area contributed by atoms with Crippen molar-refractivity contribution in [3.05, 3.63) is 36.3 Å². The van der Waals surface area contributed by atoms with Crippen molar-refractivity contribution in [1.82, 2.24) is 24.6 Å². The third-order valence-electron chi connectivity index (χ3n) is 3.58. The Morgan fingerprint density at radius 3 is 2.85 bits per heavy atom. The van der Waals surface area contributed by atoms with Gasteiger partial charge in [0, 0.05) is 32.6 Å². The molecule has 104 valence electrons. The minimum Gasteiger partial charge on any atom is -0.334 e. The Balaban J connectivity index is 1.99. The van der Waals surface area contributed by atoms with E-state index in [-0.39, 0.29) is 0 Å². The molecule has 5 heteroatoms. The molecule has 3 rings (SSSR count). The first-order valence-electron chi connectivity index (χ1n) is 6.78. The van der Waals surface area contributed by atoms with E-state index < -0.39 is 0 Å². The first-order chi connectivity index (χ1) is 9.69. The molecule has 1 aromatic carbocycles. The highest BCUT2D eigenvalue weighted by Gasteiger charge is 2.09. The Hall–Kier alpha value is -2.14. The maximum absolute atomic E-state index is 4.56. The predicted octanol–water partition coefficient (Wildman–Crippen LogP) is 1.74. The van der Waals surface area contributed by atoms with Gasteiger partial charge in [-0.25, -0.2) is 4.98 Å². The van der Waals surface area contributed by atoms with E-state index in [0.29, 0.717) is 0 Å². The van der Waals surface area contributed by atoms with Crippen molar-refractivity contribution in [3.8, 4) is 11.3 Å². The Bertz CT molecular complexity index is 738. The summed E-state index contributed by atoms with van der Waals surface area (Å²) in [5.74, 6) is 0. The molecule has 0 unspecified atom stereocenters. The van der Waals surface area contributed by atoms with Crippen molar-refractivity contribution in [2.75, 3.05) is 13.6 Å². The van der Waals surface area contributed by atoms with Gasteiger partial charge in [-0.1, -0.05) is 6.07 Å². The molecule has 0 amide bonds. The molecular formula is C15H19N5. The summed E-state index contributed by atoms with van der Waals surface area (Å²) in [4.78, 5) is 4.41. The minimum atomic E-state index is 0.940. The second-order valence-electron chi connectivity index (χ2n) is 5.06. The molecule has 0 fully saturated rings. The van der Waals surface area contributed by atoms with E-state index >= 15 is 0 Å². The van der Waals surface area contributed by atoms with Crippen LogP contribution in [0.4, 0.5) is 0 Å². The number of hydrogen-bond donors (Lipinski definition) is 1. The van der Waals surface area contributed by atoms with Crippen LogP contribution in [0.5, 0.6) is 0 Å². The van der Waals surface area contributed by atoms with Gasteiger partial charge < -0.3 is 9.88 Å². The van der Waals surface area contributed by atoms with Gasteiger partial charge in [0.15, 0.2) is 0 Å². The predicted molar refractivity (Wildman–Crippen MR) is 80.5 cm³/mol. The second kappa shape index (κ2) is 5.09. The topological polar surface area (TPSA) is 47.7 Å². The maximum atomic E-state index is 4.56. The van der Waals surface area contributed by atoms with Crippen molar-refractivity contribution < 1.29 is 0 Å². The molecule has 0 bridgehead atoms. The number of nitrogens with zero attached hydrogens (tertiary/aromatic N) is 4. The van der Waals surface area contributed by atoms with Crippen LogP contribution in [0.3, 0.4) is 0 Å². The first-order valence-corrected chi connectivity index (χ1v) is 6.78. The third kappa shape index (κ3) is 2.20. The molecule has 5 nitrogen and oxygen atoms in total. The van der Waals surface area contributed by atoms with E-state index in [1.807, 2.05) is 36.7 Å². The van der Waals surface area contributed by atoms with Gasteiger partial charge in [0.05, 0.1) is 28.7 Å². The molecule has 0 aliphatic rings. The van der Waals surface area contributed by atoms with Crippen LogP contribution in [0.2, 0.25) is 0 Å². The molecule has 0 saturated heterocycles. The van der Waals surface area contributed by atoms with Crippen LogP contribution in [0.15, 0.2) is 30.6 Å². The average Bonchev–Trinajstić information content (AvgIpc) is 3.00. The molecule has 0 spiro atoms. The monoisotopic (exact) mass is 269 g/mol. The first kappa shape index (κ1) is 12.9. The van der Waals surface area contributed by atoms with Gasteiger partial charge in [0.2, 0.25) is 0 Å². The molecule has 2 heterocycles. The lowest BCUT2D eigenvalue weighted by molar-refractivity contribution is 0.720. The van der Waals surface area contributed by atoms with Gasteiger partial charge in [0.25, 0.3) is 0 Å². The van der Waals surface area contributed by atoms with E-state index in [4.69, 9.17) is 0 Å². The van der Waals surface area contributed by atoms with Gasteiger partial charge in [-0.2, -0.15) is 5.10 Å². The van der Waals surface area contributed by atoms with Crippen LogP contribution in [0.1, 0.15) is 5.69 Å². The lowest BCUT2D eigenvalue weighted by atomic mass is 10.1. The standard InChI is InChI=1S/C15H19N5/c1-16-7-6-12-9-15(20(3)18-12)11-4-5-14-13(8-11)17-10-19(14)2/h4-5,8-10,16H,6-7H2,1-3H3. The Kier molecular flexibility index (Phi) is 3.28. The van der Waals surface area contributed by atoms with Gasteiger partial charge in [0.1, 0.15) is 0 Å². The third-order valence-corrected chi connectivity index (χ3v) is 3.58. The summed E-state index contributed by atoms with van der Waals surface area (Å²) < 4.78 is 3.97. The zero-order valence-corrected chi connectivity index (χ0v) is 12.1. The zero-order valence-electron chi connectivity index (χ0n) is 12.1. The lowest BCUT2D eigenvalue weighted by Gasteiger charge is -2.02. The van der Waals surface area contributed by atoms with Gasteiger partial charge in [-0.15, -0.1) is 0 Å². The summed E-state index contributed by atoms with van der Waals surface area (Å²) in [6.45, 7) is 0.940. The number of aromatic nitrogens is 4. The number of hydrogen-bond acceptors (Lipinski definition) is 3. The number of aryl methyl sites for hydroxylation is 2. The maximum Gasteiger partial charge on any atom is 0.0955 e. The van der Waals surface area contributed by atoms with Crippen molar-refractivity contribution in [1.29, 1.82) is 0 Å². The van der Waals surface area contributed by atoms with Crippen LogP contribution in [-0.2, 0) is 20.5 Å². The van der Waals surface area contributed by atoms with Gasteiger partial charge in [-0.05, 0) is 25.2 Å². The van der Waals surface area contributed by atoms with E-state index in [0.717, 1.165) is 41.0 Å². The van der Waals surface area contributed by atoms with Crippen molar-refractivity contribution >= 4 is 11.0 Å². The van der Waals surface area contributed by atoms with Crippen molar-refractivity contribution in [2.24, 2.45) is 14.1 Å². The molecule has 0 radical (unpaired) electrons. The van der Waals surface area contributed by atoms with E-state index in [2.05, 4.69) is 39.7 Å². The number of benzene rings is 1. The Morgan fingerprint density at radius 1 is 1.20 bits per heavy atom. The highest BCUT2D eigenvalue weighted by molar-refractivity contribution is 5.81. The summed E-state index contributed by atoms with van der Waals surface area (Å²) in [6.07, 6.45) is 2.78. The minimum absolute atomic E-state index is 0.940. The molecule has 0 saturated carbocycles. The van der Waals surface area contributed by atoms with Crippen LogP contribution < -0.4 is 5.32 Å². The largest absolute Gasteiger partial charge is 0.334 e. The Morgan fingerprint density at radius 2 is 2.05 bits per heavy atom. The summed E-state index contributed by atoms with van der Waals surface area (Å²) in [5.41, 5.74) is 5.55. The fraction of sp³-hybridized carbons (Fsp3) is 0.333. The number of imidazole rings is 1. The van der Waals surface area contributed by atoms with Crippen LogP contribution in [0, 0.1) is 0 Å². The molecule has 0 atom stereocenters. The number of likely N-dealkylation sites (N-methyl/N-ethyl adjacent to an activating group) is 1. The number of nitrogens with one attached hydrogen (secondary N) is 1. The fourth-order valence-electron chi connectivity index (χ4n) is 2.47. The van der Waals surface area contributed by atoms with E-state index in [9.17, 15) is 0 Å². The summed E-state index contributed by atoms with van der Waals surface area (Å²) in [5, 5.41) is 7.71. The second-order valence-corrected chi connectivity index (χ2v) is 5.06. The van der Waals surface area contributed by atoms with Gasteiger partial charge >= 0.3 is 0 Å². The van der Waals surface area contributed by atoms with Crippen molar-refractivity contribution in [3.63, 3.8) is 0 Å². The average molecular weight is 269 g/mol. The number of fused-ring (bicyclic) bond motifs is 1. The zero-order chi connectivity index (χ0) is 14.1. The normalized spacial score (nSPS) is 11.3. The van der Waals surface area contributed by atoms with E-state index in [1.54, 1.807) is 0 Å². The molecule has 3 aromatic rings. The van der Waals surface area contributed by atoms with Crippen LogP contribution in [-0.4, -0.2) is 32.9 Å². The highest BCUT2D eigenvalue weighted by Crippen LogP contribution is 2.24. The molecule has 0 aliphatic carbocycles. The molecule has 0 aliphatic heterocycles. The summed E-state index contributed by atoms with van der Waals surface area (Å²) >= 11 is 0. The SMILES string of the molecule is CNCCc1cc(-c2ccc3c(c2)ncn3C)n(C)n1. The Labute approximate surface area is 118 Å². The van der Waals surface area contributed by atoms with Crippen LogP contribution >= 0.6 is 0 Å².